The number of urea groups is 1. The predicted octanol–water partition coefficient (Wildman–Crippen LogP) is 3.63. The molecule has 1 aliphatic heterocycles. The topological polar surface area (TPSA) is 84.9 Å². The number of nitrogens with zero attached hydrogens (tertiary/aromatic N) is 1. The molecule has 0 radical (unpaired) electrons. The second-order valence-corrected chi connectivity index (χ2v) is 6.57. The van der Waals surface area contributed by atoms with Crippen molar-refractivity contribution in [1.82, 2.24) is 5.32 Å². The van der Waals surface area contributed by atoms with Crippen LogP contribution < -0.4 is 19.7 Å². The molecule has 0 bridgehead atoms. The minimum Gasteiger partial charge on any atom is -0.493 e. The van der Waals surface area contributed by atoms with Crippen LogP contribution in [0, 0.1) is 5.82 Å². The van der Waals surface area contributed by atoms with Gasteiger partial charge in [-0.15, -0.1) is 6.58 Å². The summed E-state index contributed by atoms with van der Waals surface area (Å²) in [5, 5.41) is 2.14. The van der Waals surface area contributed by atoms with Crippen molar-refractivity contribution in [1.29, 1.82) is 0 Å². The van der Waals surface area contributed by atoms with Crippen molar-refractivity contribution in [2.45, 2.75) is 13.3 Å². The molecular formula is C23H21FN2O5. The first-order valence-electron chi connectivity index (χ1n) is 9.51. The Labute approximate surface area is 178 Å². The van der Waals surface area contributed by atoms with E-state index < -0.39 is 23.7 Å². The van der Waals surface area contributed by atoms with Crippen LogP contribution >= 0.6 is 0 Å². The number of imide groups is 2. The lowest BCUT2D eigenvalue weighted by Gasteiger charge is -2.26. The van der Waals surface area contributed by atoms with Gasteiger partial charge in [-0.25, -0.2) is 14.1 Å². The van der Waals surface area contributed by atoms with Crippen molar-refractivity contribution in [2.75, 3.05) is 18.6 Å². The van der Waals surface area contributed by atoms with Gasteiger partial charge in [0, 0.05) is 5.56 Å². The molecule has 0 aromatic heterocycles. The van der Waals surface area contributed by atoms with Gasteiger partial charge in [-0.05, 0) is 61.4 Å². The third-order valence-corrected chi connectivity index (χ3v) is 4.52. The predicted molar refractivity (Wildman–Crippen MR) is 113 cm³/mol. The van der Waals surface area contributed by atoms with Gasteiger partial charge in [0.25, 0.3) is 11.8 Å². The fourth-order valence-corrected chi connectivity index (χ4v) is 3.22. The molecule has 0 spiro atoms. The molecule has 2 aromatic carbocycles. The standard InChI is InChI=1S/C23H21FN2O5/c1-4-6-15-11-14(13-19(31-5-2)20(15)30-3)12-18-21(27)25-23(29)26(22(18)28)17-9-7-16(24)8-10-17/h4,7-13H,1,5-6H2,2-3H3,(H,25,27,29)/b18-12+. The molecule has 0 atom stereocenters. The van der Waals surface area contributed by atoms with E-state index >= 15 is 0 Å². The number of hydrogen-bond acceptors (Lipinski definition) is 5. The molecule has 2 aromatic rings. The summed E-state index contributed by atoms with van der Waals surface area (Å²) in [4.78, 5) is 38.5. The minimum absolute atomic E-state index is 0.138. The molecule has 1 saturated heterocycles. The average Bonchev–Trinajstić information content (AvgIpc) is 2.73. The number of allylic oxidation sites excluding steroid dienone is 1. The molecule has 0 aliphatic carbocycles. The first-order chi connectivity index (χ1) is 14.9. The Morgan fingerprint density at radius 3 is 2.48 bits per heavy atom. The largest absolute Gasteiger partial charge is 0.493 e. The lowest BCUT2D eigenvalue weighted by molar-refractivity contribution is -0.122. The summed E-state index contributed by atoms with van der Waals surface area (Å²) >= 11 is 0. The number of benzene rings is 2. The second-order valence-electron chi connectivity index (χ2n) is 6.57. The molecule has 1 aliphatic rings. The summed E-state index contributed by atoms with van der Waals surface area (Å²) in [6.07, 6.45) is 3.54. The maximum absolute atomic E-state index is 13.2. The lowest BCUT2D eigenvalue weighted by atomic mass is 10.0. The summed E-state index contributed by atoms with van der Waals surface area (Å²) in [5.74, 6) is -1.18. The van der Waals surface area contributed by atoms with E-state index in [-0.39, 0.29) is 11.3 Å². The van der Waals surface area contributed by atoms with Crippen LogP contribution in [0.4, 0.5) is 14.9 Å². The van der Waals surface area contributed by atoms with E-state index in [1.165, 1.54) is 25.3 Å². The average molecular weight is 424 g/mol. The first-order valence-corrected chi connectivity index (χ1v) is 9.51. The summed E-state index contributed by atoms with van der Waals surface area (Å²) in [5.41, 5.74) is 1.15. The number of amides is 4. The maximum Gasteiger partial charge on any atom is 0.335 e. The second kappa shape index (κ2) is 9.25. The van der Waals surface area contributed by atoms with Gasteiger partial charge in [0.15, 0.2) is 11.5 Å². The third kappa shape index (κ3) is 4.48. The van der Waals surface area contributed by atoms with Crippen LogP contribution in [0.25, 0.3) is 6.08 Å². The molecule has 0 unspecified atom stereocenters. The number of barbiturate groups is 1. The number of carbonyl (C=O) groups excluding carboxylic acids is 3. The van der Waals surface area contributed by atoms with Crippen LogP contribution in [-0.2, 0) is 16.0 Å². The number of carbonyl (C=O) groups is 3. The van der Waals surface area contributed by atoms with Gasteiger partial charge in [-0.2, -0.15) is 0 Å². The Morgan fingerprint density at radius 1 is 1.16 bits per heavy atom. The van der Waals surface area contributed by atoms with Gasteiger partial charge >= 0.3 is 6.03 Å². The number of nitrogens with one attached hydrogen (secondary N) is 1. The van der Waals surface area contributed by atoms with Crippen molar-refractivity contribution in [3.05, 3.63) is 71.6 Å². The Kier molecular flexibility index (Phi) is 6.49. The Balaban J connectivity index is 2.07. The van der Waals surface area contributed by atoms with E-state index in [1.807, 2.05) is 6.92 Å². The molecule has 4 amide bonds. The number of ether oxygens (including phenoxy) is 2. The molecule has 1 fully saturated rings. The van der Waals surface area contributed by atoms with Crippen molar-refractivity contribution in [2.24, 2.45) is 0 Å². The first kappa shape index (κ1) is 21.8. The van der Waals surface area contributed by atoms with Crippen LogP contribution in [0.5, 0.6) is 11.5 Å². The number of rotatable bonds is 7. The molecule has 8 heteroatoms. The maximum atomic E-state index is 13.2. The zero-order chi connectivity index (χ0) is 22.5. The quantitative estimate of drug-likeness (QED) is 0.417. The zero-order valence-electron chi connectivity index (χ0n) is 17.1. The van der Waals surface area contributed by atoms with Crippen LogP contribution in [0.2, 0.25) is 0 Å². The highest BCUT2D eigenvalue weighted by atomic mass is 19.1. The fraction of sp³-hybridized carbons (Fsp3) is 0.174. The lowest BCUT2D eigenvalue weighted by Crippen LogP contribution is -2.54. The number of methoxy groups -OCH3 is 1. The highest BCUT2D eigenvalue weighted by molar-refractivity contribution is 6.39. The van der Waals surface area contributed by atoms with E-state index in [0.29, 0.717) is 30.1 Å². The zero-order valence-corrected chi connectivity index (χ0v) is 17.1. The van der Waals surface area contributed by atoms with Crippen LogP contribution in [0.1, 0.15) is 18.1 Å². The smallest absolute Gasteiger partial charge is 0.335 e. The van der Waals surface area contributed by atoms with Gasteiger partial charge in [0.1, 0.15) is 11.4 Å². The summed E-state index contributed by atoms with van der Waals surface area (Å²) in [7, 11) is 1.52. The van der Waals surface area contributed by atoms with E-state index in [2.05, 4.69) is 11.9 Å². The number of halogens is 1. The van der Waals surface area contributed by atoms with Crippen molar-refractivity contribution in [3.63, 3.8) is 0 Å². The molecule has 0 saturated carbocycles. The van der Waals surface area contributed by atoms with E-state index in [1.54, 1.807) is 18.2 Å². The van der Waals surface area contributed by atoms with Crippen molar-refractivity contribution >= 4 is 29.6 Å². The van der Waals surface area contributed by atoms with Crippen LogP contribution in [0.15, 0.2) is 54.6 Å². The fourth-order valence-electron chi connectivity index (χ4n) is 3.22. The van der Waals surface area contributed by atoms with Gasteiger partial charge in [-0.3, -0.25) is 14.9 Å². The number of anilines is 1. The van der Waals surface area contributed by atoms with Crippen LogP contribution in [-0.4, -0.2) is 31.6 Å². The number of hydrogen-bond donors (Lipinski definition) is 1. The Hall–Kier alpha value is -3.94. The summed E-state index contributed by atoms with van der Waals surface area (Å²) in [6, 6.07) is 7.28. The monoisotopic (exact) mass is 424 g/mol. The van der Waals surface area contributed by atoms with Crippen molar-refractivity contribution in [3.8, 4) is 11.5 Å². The van der Waals surface area contributed by atoms with Gasteiger partial charge in [0.2, 0.25) is 0 Å². The van der Waals surface area contributed by atoms with Gasteiger partial charge < -0.3 is 9.47 Å². The molecule has 1 heterocycles. The summed E-state index contributed by atoms with van der Waals surface area (Å²) < 4.78 is 24.3. The molecule has 7 nitrogen and oxygen atoms in total. The Morgan fingerprint density at radius 2 is 1.87 bits per heavy atom. The molecule has 31 heavy (non-hydrogen) atoms. The van der Waals surface area contributed by atoms with Gasteiger partial charge in [-0.1, -0.05) is 6.08 Å². The summed E-state index contributed by atoms with van der Waals surface area (Å²) in [6.45, 7) is 5.94. The highest BCUT2D eigenvalue weighted by Crippen LogP contribution is 2.34. The molecule has 3 rings (SSSR count). The van der Waals surface area contributed by atoms with E-state index in [0.717, 1.165) is 22.6 Å². The Bertz CT molecular complexity index is 1080. The van der Waals surface area contributed by atoms with Gasteiger partial charge in [0.05, 0.1) is 19.4 Å². The minimum atomic E-state index is -0.907. The van der Waals surface area contributed by atoms with Crippen LogP contribution in [0.3, 0.4) is 0 Å². The molecule has 1 N–H and O–H groups in total. The van der Waals surface area contributed by atoms with Crippen molar-refractivity contribution < 1.29 is 28.2 Å². The highest BCUT2D eigenvalue weighted by Gasteiger charge is 2.36. The molecule has 160 valence electrons. The SMILES string of the molecule is C=CCc1cc(/C=C2\C(=O)NC(=O)N(c3ccc(F)cc3)C2=O)cc(OCC)c1OC. The van der Waals surface area contributed by atoms with E-state index in [9.17, 15) is 18.8 Å². The van der Waals surface area contributed by atoms with E-state index in [4.69, 9.17) is 9.47 Å². The molecular weight excluding hydrogens is 403 g/mol. The third-order valence-electron chi connectivity index (χ3n) is 4.52. The normalized spacial score (nSPS) is 15.1.